The maximum Gasteiger partial charge on any atom is 0.316 e. The van der Waals surface area contributed by atoms with Gasteiger partial charge in [0.25, 0.3) is 0 Å². The normalized spacial score (nSPS) is 10.1. The molecule has 114 valence electrons. The smallest absolute Gasteiger partial charge is 0.316 e. The minimum Gasteiger partial charge on any atom is -0.508 e. The summed E-state index contributed by atoms with van der Waals surface area (Å²) in [5.74, 6) is -1.29. The van der Waals surface area contributed by atoms with Gasteiger partial charge in [-0.15, -0.1) is 0 Å². The predicted octanol–water partition coefficient (Wildman–Crippen LogP) is 2.91. The second kappa shape index (κ2) is 6.78. The van der Waals surface area contributed by atoms with Crippen LogP contribution in [-0.4, -0.2) is 24.0 Å². The molecular formula is C16H15IN2O3. The third-order valence-corrected chi connectivity index (χ3v) is 3.84. The Bertz CT molecular complexity index is 714. The molecule has 5 nitrogen and oxygen atoms in total. The van der Waals surface area contributed by atoms with Crippen molar-refractivity contribution in [2.45, 2.75) is 6.92 Å². The Morgan fingerprint density at radius 3 is 2.36 bits per heavy atom. The summed E-state index contributed by atoms with van der Waals surface area (Å²) in [6, 6.07) is 11.6. The molecule has 0 unspecified atom stereocenters. The molecule has 0 saturated carbocycles. The highest BCUT2D eigenvalue weighted by atomic mass is 127. The molecule has 0 saturated heterocycles. The SMILES string of the molecule is Cc1cc(I)ccc1NC(=O)C(=O)N(C)c1ccc(O)cc1. The second-order valence-electron chi connectivity index (χ2n) is 4.79. The van der Waals surface area contributed by atoms with Gasteiger partial charge in [0, 0.05) is 22.0 Å². The van der Waals surface area contributed by atoms with Gasteiger partial charge in [-0.2, -0.15) is 0 Å². The Morgan fingerprint density at radius 1 is 1.14 bits per heavy atom. The number of likely N-dealkylation sites (N-methyl/N-ethyl adjacent to an activating group) is 1. The highest BCUT2D eigenvalue weighted by molar-refractivity contribution is 14.1. The number of phenols is 1. The maximum absolute atomic E-state index is 12.2. The molecule has 0 heterocycles. The zero-order valence-corrected chi connectivity index (χ0v) is 14.3. The zero-order chi connectivity index (χ0) is 16.3. The molecule has 0 aliphatic rings. The van der Waals surface area contributed by atoms with Crippen LogP contribution in [0, 0.1) is 10.5 Å². The van der Waals surface area contributed by atoms with Crippen molar-refractivity contribution in [2.75, 3.05) is 17.3 Å². The standard InChI is InChI=1S/C16H15IN2O3/c1-10-9-11(17)3-8-14(10)18-15(21)16(22)19(2)12-4-6-13(20)7-5-12/h3-9,20H,1-2H3,(H,18,21). The molecule has 0 atom stereocenters. The van der Waals surface area contributed by atoms with Crippen LogP contribution in [0.15, 0.2) is 42.5 Å². The molecular weight excluding hydrogens is 395 g/mol. The fraction of sp³-hybridized carbons (Fsp3) is 0.125. The van der Waals surface area contributed by atoms with Gasteiger partial charge in [0.1, 0.15) is 5.75 Å². The van der Waals surface area contributed by atoms with Gasteiger partial charge in [-0.05, 0) is 77.5 Å². The molecule has 2 N–H and O–H groups in total. The number of benzene rings is 2. The van der Waals surface area contributed by atoms with Crippen molar-refractivity contribution >= 4 is 45.8 Å². The molecule has 0 aromatic heterocycles. The lowest BCUT2D eigenvalue weighted by molar-refractivity contribution is -0.134. The summed E-state index contributed by atoms with van der Waals surface area (Å²) in [5.41, 5.74) is 2.02. The van der Waals surface area contributed by atoms with Crippen molar-refractivity contribution in [2.24, 2.45) is 0 Å². The number of rotatable bonds is 2. The average molecular weight is 410 g/mol. The minimum absolute atomic E-state index is 0.101. The number of carbonyl (C=O) groups excluding carboxylic acids is 2. The van der Waals surface area contributed by atoms with Gasteiger partial charge < -0.3 is 15.3 Å². The monoisotopic (exact) mass is 410 g/mol. The van der Waals surface area contributed by atoms with Gasteiger partial charge >= 0.3 is 11.8 Å². The second-order valence-corrected chi connectivity index (χ2v) is 6.04. The zero-order valence-electron chi connectivity index (χ0n) is 12.1. The molecule has 2 rings (SSSR count). The van der Waals surface area contributed by atoms with E-state index >= 15 is 0 Å². The number of anilines is 2. The summed E-state index contributed by atoms with van der Waals surface area (Å²) >= 11 is 2.18. The van der Waals surface area contributed by atoms with Gasteiger partial charge in [0.05, 0.1) is 0 Å². The van der Waals surface area contributed by atoms with E-state index in [4.69, 9.17) is 0 Å². The molecule has 0 spiro atoms. The quantitative estimate of drug-likeness (QED) is 0.591. The molecule has 0 aliphatic heterocycles. The van der Waals surface area contributed by atoms with Crippen LogP contribution in [0.4, 0.5) is 11.4 Å². The lowest BCUT2D eigenvalue weighted by atomic mass is 10.2. The number of nitrogens with zero attached hydrogens (tertiary/aromatic N) is 1. The van der Waals surface area contributed by atoms with Crippen LogP contribution >= 0.6 is 22.6 Å². The molecule has 0 radical (unpaired) electrons. The molecule has 6 heteroatoms. The molecule has 0 bridgehead atoms. The summed E-state index contributed by atoms with van der Waals surface area (Å²) in [5, 5.41) is 11.9. The number of amides is 2. The summed E-state index contributed by atoms with van der Waals surface area (Å²) in [6.07, 6.45) is 0. The van der Waals surface area contributed by atoms with Crippen LogP contribution in [0.5, 0.6) is 5.75 Å². The van der Waals surface area contributed by atoms with Gasteiger partial charge in [-0.1, -0.05) is 0 Å². The molecule has 0 fully saturated rings. The molecule has 2 amide bonds. The molecule has 0 aliphatic carbocycles. The highest BCUT2D eigenvalue weighted by Crippen LogP contribution is 2.19. The van der Waals surface area contributed by atoms with Gasteiger partial charge in [-0.25, -0.2) is 0 Å². The van der Waals surface area contributed by atoms with E-state index in [0.717, 1.165) is 9.13 Å². The van der Waals surface area contributed by atoms with Crippen LogP contribution in [0.1, 0.15) is 5.56 Å². The molecule has 2 aromatic carbocycles. The molecule has 2 aromatic rings. The average Bonchev–Trinajstić information content (AvgIpc) is 2.49. The Labute approximate surface area is 142 Å². The van der Waals surface area contributed by atoms with Crippen molar-refractivity contribution in [3.63, 3.8) is 0 Å². The number of halogens is 1. The number of phenolic OH excluding ortho intramolecular Hbond substituents is 1. The third-order valence-electron chi connectivity index (χ3n) is 3.17. The van der Waals surface area contributed by atoms with Crippen LogP contribution in [-0.2, 0) is 9.59 Å². The number of hydrogen-bond donors (Lipinski definition) is 2. The van der Waals surface area contributed by atoms with E-state index < -0.39 is 11.8 Å². The van der Waals surface area contributed by atoms with Crippen molar-refractivity contribution in [3.05, 3.63) is 51.6 Å². The van der Waals surface area contributed by atoms with Gasteiger partial charge in [-0.3, -0.25) is 9.59 Å². The van der Waals surface area contributed by atoms with Crippen LogP contribution in [0.3, 0.4) is 0 Å². The van der Waals surface area contributed by atoms with E-state index in [1.807, 2.05) is 19.1 Å². The first-order valence-corrected chi connectivity index (χ1v) is 7.60. The van der Waals surface area contributed by atoms with E-state index in [1.165, 1.54) is 24.1 Å². The summed E-state index contributed by atoms with van der Waals surface area (Å²) in [4.78, 5) is 25.5. The van der Waals surface area contributed by atoms with E-state index in [9.17, 15) is 14.7 Å². The lowest BCUT2D eigenvalue weighted by Gasteiger charge is -2.17. The number of aromatic hydroxyl groups is 1. The number of hydrogen-bond acceptors (Lipinski definition) is 3. The van der Waals surface area contributed by atoms with E-state index in [0.29, 0.717) is 11.4 Å². The van der Waals surface area contributed by atoms with Gasteiger partial charge in [0.15, 0.2) is 0 Å². The summed E-state index contributed by atoms with van der Waals surface area (Å²) < 4.78 is 1.06. The Morgan fingerprint density at radius 2 is 1.77 bits per heavy atom. The van der Waals surface area contributed by atoms with Crippen molar-refractivity contribution in [1.29, 1.82) is 0 Å². The first-order chi connectivity index (χ1) is 10.4. The summed E-state index contributed by atoms with van der Waals surface area (Å²) in [7, 11) is 1.51. The van der Waals surface area contributed by atoms with Crippen LogP contribution in [0.2, 0.25) is 0 Å². The van der Waals surface area contributed by atoms with E-state index in [2.05, 4.69) is 27.9 Å². The number of aryl methyl sites for hydroxylation is 1. The predicted molar refractivity (Wildman–Crippen MR) is 94.0 cm³/mol. The minimum atomic E-state index is -0.708. The van der Waals surface area contributed by atoms with Crippen molar-refractivity contribution in [1.82, 2.24) is 0 Å². The third kappa shape index (κ3) is 3.76. The van der Waals surface area contributed by atoms with Crippen LogP contribution < -0.4 is 10.2 Å². The van der Waals surface area contributed by atoms with Crippen molar-refractivity contribution < 1.29 is 14.7 Å². The first kappa shape index (κ1) is 16.3. The summed E-state index contributed by atoms with van der Waals surface area (Å²) in [6.45, 7) is 1.87. The van der Waals surface area contributed by atoms with Crippen LogP contribution in [0.25, 0.3) is 0 Å². The Hall–Kier alpha value is -2.09. The van der Waals surface area contributed by atoms with E-state index in [-0.39, 0.29) is 5.75 Å². The first-order valence-electron chi connectivity index (χ1n) is 6.52. The maximum atomic E-state index is 12.2. The topological polar surface area (TPSA) is 69.6 Å². The molecule has 22 heavy (non-hydrogen) atoms. The largest absolute Gasteiger partial charge is 0.508 e. The fourth-order valence-electron chi connectivity index (χ4n) is 1.89. The number of nitrogens with one attached hydrogen (secondary N) is 1. The fourth-order valence-corrected chi connectivity index (χ4v) is 2.54. The Kier molecular flexibility index (Phi) is 5.02. The highest BCUT2D eigenvalue weighted by Gasteiger charge is 2.20. The van der Waals surface area contributed by atoms with Crippen molar-refractivity contribution in [3.8, 4) is 5.75 Å². The van der Waals surface area contributed by atoms with E-state index in [1.54, 1.807) is 18.2 Å². The lowest BCUT2D eigenvalue weighted by Crippen LogP contribution is -2.37. The number of carbonyl (C=O) groups is 2. The van der Waals surface area contributed by atoms with Gasteiger partial charge in [0.2, 0.25) is 0 Å². The Balaban J connectivity index is 2.11.